The molecule has 41 heavy (non-hydrogen) atoms. The summed E-state index contributed by atoms with van der Waals surface area (Å²) in [5.74, 6) is -0.344. The Morgan fingerprint density at radius 3 is 2.32 bits per heavy atom. The van der Waals surface area contributed by atoms with Gasteiger partial charge in [0.05, 0.1) is 24.8 Å². The van der Waals surface area contributed by atoms with Crippen molar-refractivity contribution in [1.29, 1.82) is 0 Å². The monoisotopic (exact) mass is 601 g/mol. The summed E-state index contributed by atoms with van der Waals surface area (Å²) in [5.41, 5.74) is 1.68. The van der Waals surface area contributed by atoms with Crippen LogP contribution in [0.1, 0.15) is 31.4 Å². The second-order valence-corrected chi connectivity index (χ2v) is 11.8. The van der Waals surface area contributed by atoms with Crippen LogP contribution in [0.2, 0.25) is 5.02 Å². The van der Waals surface area contributed by atoms with Crippen molar-refractivity contribution in [3.05, 3.63) is 82.9 Å². The molecule has 3 rings (SSSR count). The third kappa shape index (κ3) is 7.92. The van der Waals surface area contributed by atoms with Crippen molar-refractivity contribution in [1.82, 2.24) is 10.2 Å². The van der Waals surface area contributed by atoms with Gasteiger partial charge in [0.1, 0.15) is 24.1 Å². The molecule has 1 atom stereocenters. The molecule has 9 nitrogen and oxygen atoms in total. The molecule has 0 aromatic heterocycles. The number of sulfonamides is 1. The molecule has 0 unspecified atom stereocenters. The van der Waals surface area contributed by atoms with Crippen LogP contribution in [-0.2, 0) is 26.2 Å². The SMILES string of the molecule is CCCNC(=O)[C@H](C)N(Cc1cccc(Cl)c1)C(=O)CN(c1cc(OC)ccc1OC)S(=O)(=O)c1ccc(C)cc1. The summed E-state index contributed by atoms with van der Waals surface area (Å²) < 4.78 is 40.0. The fourth-order valence-corrected chi connectivity index (χ4v) is 5.78. The van der Waals surface area contributed by atoms with E-state index in [9.17, 15) is 18.0 Å². The second-order valence-electron chi connectivity index (χ2n) is 9.48. The highest BCUT2D eigenvalue weighted by atomic mass is 35.5. The first-order valence-electron chi connectivity index (χ1n) is 13.1. The maximum absolute atomic E-state index is 14.1. The Morgan fingerprint density at radius 2 is 1.71 bits per heavy atom. The van der Waals surface area contributed by atoms with Crippen LogP contribution in [0.25, 0.3) is 0 Å². The lowest BCUT2D eigenvalue weighted by molar-refractivity contribution is -0.139. The van der Waals surface area contributed by atoms with Crippen LogP contribution in [0.5, 0.6) is 11.5 Å². The Kier molecular flexibility index (Phi) is 11.0. The van der Waals surface area contributed by atoms with Gasteiger partial charge in [0.2, 0.25) is 11.8 Å². The first-order chi connectivity index (χ1) is 19.5. The summed E-state index contributed by atoms with van der Waals surface area (Å²) in [4.78, 5) is 28.4. The fraction of sp³-hybridized carbons (Fsp3) is 0.333. The molecule has 0 spiro atoms. The van der Waals surface area contributed by atoms with Gasteiger partial charge in [-0.3, -0.25) is 13.9 Å². The first kappa shape index (κ1) is 31.8. The summed E-state index contributed by atoms with van der Waals surface area (Å²) in [5, 5.41) is 3.29. The maximum atomic E-state index is 14.1. The number of hydrogen-bond donors (Lipinski definition) is 1. The number of amides is 2. The molecule has 0 bridgehead atoms. The van der Waals surface area contributed by atoms with Crippen LogP contribution in [-0.4, -0.2) is 58.5 Å². The van der Waals surface area contributed by atoms with Crippen LogP contribution in [0.3, 0.4) is 0 Å². The number of nitrogens with zero attached hydrogens (tertiary/aromatic N) is 2. The molecule has 0 aliphatic heterocycles. The van der Waals surface area contributed by atoms with Crippen molar-refractivity contribution in [2.45, 2.75) is 44.7 Å². The standard InChI is InChI=1S/C30H36ClN3O6S/c1-6-16-32-30(36)22(3)33(19-23-8-7-9-24(31)17-23)29(35)20-34(27-18-25(39-4)12-15-28(27)40-5)41(37,38)26-13-10-21(2)11-14-26/h7-15,17-18,22H,6,16,19-20H2,1-5H3,(H,32,36)/t22-/m0/s1. The van der Waals surface area contributed by atoms with Crippen LogP contribution in [0.4, 0.5) is 5.69 Å². The predicted molar refractivity (Wildman–Crippen MR) is 160 cm³/mol. The Morgan fingerprint density at radius 1 is 1.00 bits per heavy atom. The average molecular weight is 602 g/mol. The molecular weight excluding hydrogens is 566 g/mol. The number of methoxy groups -OCH3 is 2. The number of halogens is 1. The van der Waals surface area contributed by atoms with Gasteiger partial charge in [-0.1, -0.05) is 48.4 Å². The molecule has 0 aliphatic carbocycles. The van der Waals surface area contributed by atoms with Crippen molar-refractivity contribution < 1.29 is 27.5 Å². The fourth-order valence-electron chi connectivity index (χ4n) is 4.15. The quantitative estimate of drug-likeness (QED) is 0.302. The van der Waals surface area contributed by atoms with Gasteiger partial charge in [0.25, 0.3) is 10.0 Å². The zero-order valence-electron chi connectivity index (χ0n) is 23.9. The van der Waals surface area contributed by atoms with Gasteiger partial charge < -0.3 is 19.7 Å². The van der Waals surface area contributed by atoms with Crippen molar-refractivity contribution >= 4 is 39.1 Å². The van der Waals surface area contributed by atoms with E-state index >= 15 is 0 Å². The molecule has 2 amide bonds. The largest absolute Gasteiger partial charge is 0.497 e. The molecule has 3 aromatic rings. The summed E-state index contributed by atoms with van der Waals surface area (Å²) >= 11 is 6.19. The zero-order chi connectivity index (χ0) is 30.2. The van der Waals surface area contributed by atoms with Gasteiger partial charge >= 0.3 is 0 Å². The summed E-state index contributed by atoms with van der Waals surface area (Å²) in [6, 6.07) is 17.1. The molecule has 220 valence electrons. The van der Waals surface area contributed by atoms with Gasteiger partial charge in [-0.15, -0.1) is 0 Å². The first-order valence-corrected chi connectivity index (χ1v) is 15.0. The van der Waals surface area contributed by atoms with E-state index in [1.807, 2.05) is 13.8 Å². The van der Waals surface area contributed by atoms with E-state index in [2.05, 4.69) is 5.32 Å². The number of carbonyl (C=O) groups is 2. The van der Waals surface area contributed by atoms with E-state index in [0.717, 1.165) is 16.3 Å². The molecule has 0 saturated carbocycles. The number of benzene rings is 3. The van der Waals surface area contributed by atoms with E-state index in [-0.39, 0.29) is 28.8 Å². The highest BCUT2D eigenvalue weighted by Crippen LogP contribution is 2.36. The third-order valence-electron chi connectivity index (χ3n) is 6.50. The lowest BCUT2D eigenvalue weighted by atomic mass is 10.1. The number of ether oxygens (including phenoxy) is 2. The number of rotatable bonds is 13. The molecule has 0 aliphatic rings. The molecule has 0 fully saturated rings. The molecule has 0 heterocycles. The Labute approximate surface area is 247 Å². The number of aryl methyl sites for hydroxylation is 1. The third-order valence-corrected chi connectivity index (χ3v) is 8.51. The average Bonchev–Trinajstić information content (AvgIpc) is 2.96. The molecule has 0 radical (unpaired) electrons. The number of nitrogens with one attached hydrogen (secondary N) is 1. The number of carbonyl (C=O) groups excluding carboxylic acids is 2. The van der Waals surface area contributed by atoms with Crippen LogP contribution < -0.4 is 19.1 Å². The van der Waals surface area contributed by atoms with Gasteiger partial charge in [0, 0.05) is 24.2 Å². The number of hydrogen-bond acceptors (Lipinski definition) is 6. The lowest BCUT2D eigenvalue weighted by Crippen LogP contribution is -2.51. The normalized spacial score (nSPS) is 11.9. The molecule has 11 heteroatoms. The van der Waals surface area contributed by atoms with E-state index in [0.29, 0.717) is 22.9 Å². The second kappa shape index (κ2) is 14.2. The van der Waals surface area contributed by atoms with Gasteiger partial charge in [-0.2, -0.15) is 0 Å². The Hall–Kier alpha value is -3.76. The van der Waals surface area contributed by atoms with E-state index < -0.39 is 28.5 Å². The molecule has 3 aromatic carbocycles. The van der Waals surface area contributed by atoms with E-state index in [4.69, 9.17) is 21.1 Å². The number of anilines is 1. The molecule has 1 N–H and O–H groups in total. The van der Waals surface area contributed by atoms with Crippen LogP contribution in [0.15, 0.2) is 71.6 Å². The lowest BCUT2D eigenvalue weighted by Gasteiger charge is -2.32. The maximum Gasteiger partial charge on any atom is 0.264 e. The van der Waals surface area contributed by atoms with Crippen LogP contribution >= 0.6 is 11.6 Å². The van der Waals surface area contributed by atoms with E-state index in [1.54, 1.807) is 55.5 Å². The minimum absolute atomic E-state index is 0.00379. The van der Waals surface area contributed by atoms with Crippen LogP contribution in [0, 0.1) is 6.92 Å². The van der Waals surface area contributed by atoms with Gasteiger partial charge in [-0.05, 0) is 62.2 Å². The minimum atomic E-state index is -4.27. The van der Waals surface area contributed by atoms with Gasteiger partial charge in [0.15, 0.2) is 0 Å². The zero-order valence-corrected chi connectivity index (χ0v) is 25.5. The van der Waals surface area contributed by atoms with Crippen molar-refractivity contribution in [3.8, 4) is 11.5 Å². The van der Waals surface area contributed by atoms with E-state index in [1.165, 1.54) is 37.3 Å². The summed E-state index contributed by atoms with van der Waals surface area (Å²) in [7, 11) is -1.40. The Balaban J connectivity index is 2.11. The summed E-state index contributed by atoms with van der Waals surface area (Å²) in [6.45, 7) is 5.26. The smallest absolute Gasteiger partial charge is 0.264 e. The molecule has 0 saturated heterocycles. The Bertz CT molecular complexity index is 1460. The predicted octanol–water partition coefficient (Wildman–Crippen LogP) is 4.80. The highest BCUT2D eigenvalue weighted by molar-refractivity contribution is 7.92. The van der Waals surface area contributed by atoms with Gasteiger partial charge in [-0.25, -0.2) is 8.42 Å². The van der Waals surface area contributed by atoms with Crippen molar-refractivity contribution in [2.75, 3.05) is 31.6 Å². The summed E-state index contributed by atoms with van der Waals surface area (Å²) in [6.07, 6.45) is 0.721. The topological polar surface area (TPSA) is 105 Å². The minimum Gasteiger partial charge on any atom is -0.497 e. The van der Waals surface area contributed by atoms with Crippen molar-refractivity contribution in [3.63, 3.8) is 0 Å². The highest BCUT2D eigenvalue weighted by Gasteiger charge is 2.34. The molecular formula is C30H36ClN3O6S. The van der Waals surface area contributed by atoms with Crippen molar-refractivity contribution in [2.24, 2.45) is 0 Å².